The monoisotopic (exact) mass is 461 g/mol. The van der Waals surface area contributed by atoms with E-state index in [0.717, 1.165) is 29.6 Å². The van der Waals surface area contributed by atoms with E-state index in [1.54, 1.807) is 4.90 Å². The van der Waals surface area contributed by atoms with Crippen LogP contribution >= 0.6 is 0 Å². The molecule has 0 saturated carbocycles. The van der Waals surface area contributed by atoms with Crippen LogP contribution in [0.5, 0.6) is 0 Å². The number of aromatic nitrogens is 2. The van der Waals surface area contributed by atoms with Gasteiger partial charge in [0.15, 0.2) is 5.82 Å². The van der Waals surface area contributed by atoms with Gasteiger partial charge in [-0.05, 0) is 52.3 Å². The molecule has 0 radical (unpaired) electrons. The quantitative estimate of drug-likeness (QED) is 0.714. The Morgan fingerprint density at radius 2 is 2.00 bits per heavy atom. The Bertz CT molecular complexity index is 1020. The van der Waals surface area contributed by atoms with Crippen LogP contribution in [-0.2, 0) is 17.8 Å². The first kappa shape index (κ1) is 23.8. The van der Waals surface area contributed by atoms with Gasteiger partial charge in [-0.15, -0.1) is 0 Å². The van der Waals surface area contributed by atoms with Crippen molar-refractivity contribution in [2.45, 2.75) is 71.4 Å². The zero-order valence-corrected chi connectivity index (χ0v) is 19.7. The number of nitrogens with two attached hydrogens (primary N) is 1. The van der Waals surface area contributed by atoms with Crippen molar-refractivity contribution in [2.75, 3.05) is 19.7 Å². The minimum atomic E-state index is -0.678. The van der Waals surface area contributed by atoms with E-state index in [1.807, 2.05) is 18.4 Å². The van der Waals surface area contributed by atoms with E-state index in [-0.39, 0.29) is 23.6 Å². The maximum atomic E-state index is 14.2. The van der Waals surface area contributed by atoms with Crippen molar-refractivity contribution in [2.24, 2.45) is 5.73 Å². The molecule has 7 nitrogen and oxygen atoms in total. The maximum Gasteiger partial charge on any atom is 0.289 e. The largest absolute Gasteiger partial charge is 0.370 e. The lowest BCUT2D eigenvalue weighted by molar-refractivity contribution is -0.0535. The van der Waals surface area contributed by atoms with E-state index in [9.17, 15) is 13.6 Å². The Morgan fingerprint density at radius 1 is 1.27 bits per heavy atom. The summed E-state index contributed by atoms with van der Waals surface area (Å²) in [7, 11) is 0. The number of amides is 1. The number of benzene rings is 1. The zero-order chi connectivity index (χ0) is 23.9. The Labute approximate surface area is 193 Å². The molecule has 2 aliphatic heterocycles. The van der Waals surface area contributed by atoms with Crippen LogP contribution in [0.1, 0.15) is 73.8 Å². The number of ether oxygens (including phenoxy) is 1. The molecule has 3 heterocycles. The maximum absolute atomic E-state index is 14.2. The Hall–Kier alpha value is -2.36. The Kier molecular flexibility index (Phi) is 6.83. The molecule has 1 aromatic carbocycles. The summed E-state index contributed by atoms with van der Waals surface area (Å²) >= 11 is 0. The molecule has 4 rings (SSSR count). The van der Waals surface area contributed by atoms with Gasteiger partial charge in [-0.3, -0.25) is 9.69 Å². The number of carbonyl (C=O) groups excluding carboxylic acids is 1. The number of halogens is 2. The highest BCUT2D eigenvalue weighted by Gasteiger charge is 2.39. The molecule has 33 heavy (non-hydrogen) atoms. The van der Waals surface area contributed by atoms with Gasteiger partial charge >= 0.3 is 0 Å². The van der Waals surface area contributed by atoms with Gasteiger partial charge in [0.1, 0.15) is 17.7 Å². The summed E-state index contributed by atoms with van der Waals surface area (Å²) in [4.78, 5) is 21.8. The molecule has 1 saturated heterocycles. The highest BCUT2D eigenvalue weighted by atomic mass is 19.1. The average Bonchev–Trinajstić information content (AvgIpc) is 3.34. The topological polar surface area (TPSA) is 76.6 Å². The van der Waals surface area contributed by atoms with Crippen molar-refractivity contribution in [3.8, 4) is 0 Å². The smallest absolute Gasteiger partial charge is 0.289 e. The molecule has 1 amide bonds. The fourth-order valence-corrected chi connectivity index (χ4v) is 5.02. The van der Waals surface area contributed by atoms with Crippen LogP contribution in [0.3, 0.4) is 0 Å². The van der Waals surface area contributed by atoms with Crippen molar-refractivity contribution < 1.29 is 18.3 Å². The van der Waals surface area contributed by atoms with Gasteiger partial charge < -0.3 is 19.9 Å². The van der Waals surface area contributed by atoms with E-state index < -0.39 is 23.8 Å². The minimum Gasteiger partial charge on any atom is -0.370 e. The van der Waals surface area contributed by atoms with Crippen molar-refractivity contribution in [3.05, 3.63) is 52.6 Å². The van der Waals surface area contributed by atoms with E-state index in [1.165, 1.54) is 0 Å². The third-order valence-electron chi connectivity index (χ3n) is 6.74. The molecule has 9 heteroatoms. The van der Waals surface area contributed by atoms with E-state index >= 15 is 0 Å². The number of carbonyl (C=O) groups is 1. The summed E-state index contributed by atoms with van der Waals surface area (Å²) in [6.07, 6.45) is -0.0829. The normalized spacial score (nSPS) is 23.2. The third-order valence-corrected chi connectivity index (χ3v) is 6.74. The molecule has 2 aliphatic rings. The number of hydrogen-bond donors (Lipinski definition) is 1. The van der Waals surface area contributed by atoms with Crippen LogP contribution in [0.2, 0.25) is 0 Å². The fourth-order valence-electron chi connectivity index (χ4n) is 5.02. The second-order valence-corrected chi connectivity index (χ2v) is 9.15. The first-order valence-corrected chi connectivity index (χ1v) is 11.7. The summed E-state index contributed by atoms with van der Waals surface area (Å²) < 4.78 is 35.9. The average molecular weight is 462 g/mol. The van der Waals surface area contributed by atoms with Gasteiger partial charge in [0.05, 0.1) is 18.0 Å². The molecule has 3 atom stereocenters. The van der Waals surface area contributed by atoms with Crippen LogP contribution in [0, 0.1) is 11.6 Å². The van der Waals surface area contributed by atoms with Crippen LogP contribution in [-0.4, -0.2) is 57.0 Å². The van der Waals surface area contributed by atoms with Crippen LogP contribution in [0.25, 0.3) is 0 Å². The third kappa shape index (κ3) is 4.41. The Morgan fingerprint density at radius 3 is 2.64 bits per heavy atom. The summed E-state index contributed by atoms with van der Waals surface area (Å²) in [6.45, 7) is 10.9. The summed E-state index contributed by atoms with van der Waals surface area (Å²) in [5, 5.41) is 0. The molecular weight excluding hydrogens is 428 g/mol. The first-order chi connectivity index (χ1) is 15.7. The first-order valence-electron chi connectivity index (χ1n) is 11.7. The van der Waals surface area contributed by atoms with Gasteiger partial charge in [0, 0.05) is 49.9 Å². The van der Waals surface area contributed by atoms with Crippen molar-refractivity contribution in [1.82, 2.24) is 19.4 Å². The van der Waals surface area contributed by atoms with Gasteiger partial charge in [-0.25, -0.2) is 13.8 Å². The van der Waals surface area contributed by atoms with Crippen molar-refractivity contribution in [1.29, 1.82) is 0 Å². The van der Waals surface area contributed by atoms with Gasteiger partial charge in [-0.1, -0.05) is 0 Å². The van der Waals surface area contributed by atoms with E-state index in [2.05, 4.69) is 18.7 Å². The summed E-state index contributed by atoms with van der Waals surface area (Å²) in [6, 6.07) is 3.03. The standard InChI is InChI=1S/C24H33F2N5O2/c1-5-29(6-2)24(32)23-28-20-11-30(12-21(20)31(23)14(3)4)16-10-19(27)22(33-13-16)17-9-15(25)7-8-18(17)26/h7-9,14,16,19,22H,5-6,10-13,27H2,1-4H3/t16-,19+,22-/m1/s1. The van der Waals surface area contributed by atoms with E-state index in [4.69, 9.17) is 15.5 Å². The number of hydrogen-bond acceptors (Lipinski definition) is 5. The molecule has 1 fully saturated rings. The van der Waals surface area contributed by atoms with E-state index in [0.29, 0.717) is 45.0 Å². The zero-order valence-electron chi connectivity index (χ0n) is 19.7. The van der Waals surface area contributed by atoms with Gasteiger partial charge in [-0.2, -0.15) is 0 Å². The molecule has 0 aliphatic carbocycles. The lowest BCUT2D eigenvalue weighted by Crippen LogP contribution is -2.48. The van der Waals surface area contributed by atoms with Crippen molar-refractivity contribution >= 4 is 5.91 Å². The van der Waals surface area contributed by atoms with Gasteiger partial charge in [0.25, 0.3) is 5.91 Å². The number of imidazole rings is 1. The molecule has 0 unspecified atom stereocenters. The highest BCUT2D eigenvalue weighted by molar-refractivity contribution is 5.91. The second kappa shape index (κ2) is 9.48. The molecule has 2 N–H and O–H groups in total. The molecule has 0 spiro atoms. The molecule has 1 aromatic heterocycles. The lowest BCUT2D eigenvalue weighted by Gasteiger charge is -2.38. The SMILES string of the molecule is CCN(CC)C(=O)c1nc2c(n1C(C)C)CN([C@H]1CO[C@H](c3cc(F)ccc3F)[C@@H](N)C1)C2. The summed E-state index contributed by atoms with van der Waals surface area (Å²) in [5.74, 6) is -0.565. The minimum absolute atomic E-state index is 0.0321. The summed E-state index contributed by atoms with van der Waals surface area (Å²) in [5.41, 5.74) is 8.48. The van der Waals surface area contributed by atoms with Crippen LogP contribution in [0.4, 0.5) is 8.78 Å². The second-order valence-electron chi connectivity index (χ2n) is 9.15. The Balaban J connectivity index is 1.49. The van der Waals surface area contributed by atoms with Crippen LogP contribution in [0.15, 0.2) is 18.2 Å². The molecule has 0 bridgehead atoms. The number of fused-ring (bicyclic) bond motifs is 1. The predicted octanol–water partition coefficient (Wildman–Crippen LogP) is 3.40. The number of rotatable bonds is 6. The number of nitrogens with zero attached hydrogens (tertiary/aromatic N) is 4. The van der Waals surface area contributed by atoms with Crippen LogP contribution < -0.4 is 5.73 Å². The fraction of sp³-hybridized carbons (Fsp3) is 0.583. The van der Waals surface area contributed by atoms with Gasteiger partial charge in [0.2, 0.25) is 0 Å². The molecule has 180 valence electrons. The lowest BCUT2D eigenvalue weighted by atomic mass is 9.93. The predicted molar refractivity (Wildman–Crippen MR) is 121 cm³/mol. The van der Waals surface area contributed by atoms with Crippen molar-refractivity contribution in [3.63, 3.8) is 0 Å². The molecular formula is C24H33F2N5O2. The highest BCUT2D eigenvalue weighted by Crippen LogP contribution is 2.35. The molecule has 2 aromatic rings.